The molecule has 0 amide bonds. The van der Waals surface area contributed by atoms with Crippen LogP contribution in [0.2, 0.25) is 0 Å². The van der Waals surface area contributed by atoms with Crippen LogP contribution in [0, 0.1) is 5.82 Å². The smallest absolute Gasteiger partial charge is 0.125 e. The number of rotatable bonds is 11. The Morgan fingerprint density at radius 2 is 1.76 bits per heavy atom. The van der Waals surface area contributed by atoms with Crippen LogP contribution in [-0.2, 0) is 0 Å². The van der Waals surface area contributed by atoms with E-state index in [1.54, 1.807) is 12.1 Å². The average Bonchev–Trinajstić information content (AvgIpc) is 2.49. The molecule has 21 heavy (non-hydrogen) atoms. The van der Waals surface area contributed by atoms with Crippen LogP contribution in [0.15, 0.2) is 24.3 Å². The molecule has 0 spiro atoms. The van der Waals surface area contributed by atoms with Crippen LogP contribution in [0.25, 0.3) is 0 Å². The number of likely N-dealkylation sites (N-methyl/N-ethyl adjacent to an activating group) is 1. The standard InChI is InChI=1S/C18H31FN2/c1-3-4-5-6-7-8-9-12-18(15-20)21(2)17-13-10-11-16(19)14-17/h10-11,13-14,18H,3-9,12,15,20H2,1-2H3. The van der Waals surface area contributed by atoms with Gasteiger partial charge in [0.05, 0.1) is 0 Å². The molecule has 0 aliphatic heterocycles. The molecule has 2 N–H and O–H groups in total. The minimum Gasteiger partial charge on any atom is -0.370 e. The molecular formula is C18H31FN2. The quantitative estimate of drug-likeness (QED) is 0.598. The summed E-state index contributed by atoms with van der Waals surface area (Å²) < 4.78 is 13.3. The van der Waals surface area contributed by atoms with E-state index in [-0.39, 0.29) is 5.82 Å². The molecule has 0 radical (unpaired) electrons. The second kappa shape index (κ2) is 10.6. The van der Waals surface area contributed by atoms with Gasteiger partial charge in [-0.15, -0.1) is 0 Å². The number of halogens is 1. The van der Waals surface area contributed by atoms with E-state index < -0.39 is 0 Å². The van der Waals surface area contributed by atoms with Gasteiger partial charge in [0, 0.05) is 25.3 Å². The zero-order valence-electron chi connectivity index (χ0n) is 13.7. The first-order valence-corrected chi connectivity index (χ1v) is 8.37. The van der Waals surface area contributed by atoms with Gasteiger partial charge in [-0.1, -0.05) is 57.9 Å². The molecule has 0 saturated carbocycles. The Morgan fingerprint density at radius 1 is 1.10 bits per heavy atom. The molecule has 0 bridgehead atoms. The van der Waals surface area contributed by atoms with Gasteiger partial charge in [0.2, 0.25) is 0 Å². The summed E-state index contributed by atoms with van der Waals surface area (Å²) in [6, 6.07) is 7.04. The van der Waals surface area contributed by atoms with Crippen LogP contribution in [0.1, 0.15) is 58.3 Å². The minimum absolute atomic E-state index is 0.189. The molecule has 0 aromatic heterocycles. The van der Waals surface area contributed by atoms with Gasteiger partial charge in [0.15, 0.2) is 0 Å². The molecule has 0 fully saturated rings. The van der Waals surface area contributed by atoms with E-state index in [9.17, 15) is 4.39 Å². The first-order chi connectivity index (χ1) is 10.2. The zero-order valence-corrected chi connectivity index (χ0v) is 13.7. The molecule has 2 nitrogen and oxygen atoms in total. The van der Waals surface area contributed by atoms with E-state index in [0.717, 1.165) is 12.1 Å². The van der Waals surface area contributed by atoms with Crippen molar-refractivity contribution in [2.24, 2.45) is 5.73 Å². The maximum Gasteiger partial charge on any atom is 0.125 e. The third kappa shape index (κ3) is 6.94. The molecule has 120 valence electrons. The predicted molar refractivity (Wildman–Crippen MR) is 90.3 cm³/mol. The number of hydrogen-bond donors (Lipinski definition) is 1. The molecule has 1 rings (SSSR count). The zero-order chi connectivity index (χ0) is 15.5. The summed E-state index contributed by atoms with van der Waals surface area (Å²) in [5.74, 6) is -0.189. The molecule has 1 aromatic carbocycles. The van der Waals surface area contributed by atoms with E-state index in [0.29, 0.717) is 12.6 Å². The van der Waals surface area contributed by atoms with Crippen molar-refractivity contribution in [3.8, 4) is 0 Å². The van der Waals surface area contributed by atoms with Crippen LogP contribution >= 0.6 is 0 Å². The fourth-order valence-electron chi connectivity index (χ4n) is 2.71. The van der Waals surface area contributed by atoms with Gasteiger partial charge in [-0.05, 0) is 24.6 Å². The third-order valence-electron chi connectivity index (χ3n) is 4.18. The van der Waals surface area contributed by atoms with E-state index in [1.807, 2.05) is 13.1 Å². The molecule has 1 unspecified atom stereocenters. The van der Waals surface area contributed by atoms with E-state index in [1.165, 1.54) is 51.0 Å². The summed E-state index contributed by atoms with van der Waals surface area (Å²) in [6.07, 6.45) is 10.2. The van der Waals surface area contributed by atoms with Gasteiger partial charge in [0.25, 0.3) is 0 Å². The van der Waals surface area contributed by atoms with Gasteiger partial charge in [-0.2, -0.15) is 0 Å². The normalized spacial score (nSPS) is 12.4. The fourth-order valence-corrected chi connectivity index (χ4v) is 2.71. The summed E-state index contributed by atoms with van der Waals surface area (Å²) >= 11 is 0. The highest BCUT2D eigenvalue weighted by molar-refractivity contribution is 5.46. The van der Waals surface area contributed by atoms with Gasteiger partial charge in [-0.25, -0.2) is 4.39 Å². The summed E-state index contributed by atoms with van der Waals surface area (Å²) in [5.41, 5.74) is 6.80. The number of benzene rings is 1. The lowest BCUT2D eigenvalue weighted by Crippen LogP contribution is -2.38. The molecule has 0 heterocycles. The number of unbranched alkanes of at least 4 members (excludes halogenated alkanes) is 6. The van der Waals surface area contributed by atoms with Crippen LogP contribution in [-0.4, -0.2) is 19.6 Å². The molecule has 0 aliphatic rings. The van der Waals surface area contributed by atoms with Crippen molar-refractivity contribution in [1.29, 1.82) is 0 Å². The summed E-state index contributed by atoms with van der Waals surface area (Å²) in [4.78, 5) is 2.11. The Labute approximate surface area is 129 Å². The van der Waals surface area contributed by atoms with E-state index >= 15 is 0 Å². The van der Waals surface area contributed by atoms with Crippen molar-refractivity contribution >= 4 is 5.69 Å². The van der Waals surface area contributed by atoms with Crippen molar-refractivity contribution in [3.05, 3.63) is 30.1 Å². The lowest BCUT2D eigenvalue weighted by atomic mass is 10.0. The third-order valence-corrected chi connectivity index (χ3v) is 4.18. The lowest BCUT2D eigenvalue weighted by Gasteiger charge is -2.29. The molecular weight excluding hydrogens is 263 g/mol. The Kier molecular flexibility index (Phi) is 9.07. The number of nitrogens with two attached hydrogens (primary N) is 1. The van der Waals surface area contributed by atoms with Crippen molar-refractivity contribution in [2.45, 2.75) is 64.3 Å². The second-order valence-corrected chi connectivity index (χ2v) is 5.89. The van der Waals surface area contributed by atoms with Crippen molar-refractivity contribution < 1.29 is 4.39 Å². The van der Waals surface area contributed by atoms with Crippen LogP contribution in [0.4, 0.5) is 10.1 Å². The van der Waals surface area contributed by atoms with E-state index in [4.69, 9.17) is 5.73 Å². The highest BCUT2D eigenvalue weighted by Gasteiger charge is 2.13. The Balaban J connectivity index is 2.30. The Morgan fingerprint density at radius 3 is 2.38 bits per heavy atom. The Hall–Kier alpha value is -1.09. The van der Waals surface area contributed by atoms with Crippen LogP contribution in [0.5, 0.6) is 0 Å². The number of nitrogens with zero attached hydrogens (tertiary/aromatic N) is 1. The number of hydrogen-bond acceptors (Lipinski definition) is 2. The monoisotopic (exact) mass is 294 g/mol. The summed E-state index contributed by atoms with van der Waals surface area (Å²) in [7, 11) is 2.01. The van der Waals surface area contributed by atoms with Crippen LogP contribution < -0.4 is 10.6 Å². The van der Waals surface area contributed by atoms with Crippen molar-refractivity contribution in [2.75, 3.05) is 18.5 Å². The Bertz CT molecular complexity index is 381. The molecule has 0 saturated heterocycles. The topological polar surface area (TPSA) is 29.3 Å². The highest BCUT2D eigenvalue weighted by atomic mass is 19.1. The van der Waals surface area contributed by atoms with Gasteiger partial charge < -0.3 is 10.6 Å². The molecule has 3 heteroatoms. The van der Waals surface area contributed by atoms with Crippen molar-refractivity contribution in [3.63, 3.8) is 0 Å². The first-order valence-electron chi connectivity index (χ1n) is 8.37. The highest BCUT2D eigenvalue weighted by Crippen LogP contribution is 2.19. The molecule has 1 aromatic rings. The molecule has 0 aliphatic carbocycles. The SMILES string of the molecule is CCCCCCCCCC(CN)N(C)c1cccc(F)c1. The lowest BCUT2D eigenvalue weighted by molar-refractivity contribution is 0.519. The average molecular weight is 294 g/mol. The van der Waals surface area contributed by atoms with Gasteiger partial charge in [0.1, 0.15) is 5.82 Å². The number of anilines is 1. The van der Waals surface area contributed by atoms with Gasteiger partial charge >= 0.3 is 0 Å². The second-order valence-electron chi connectivity index (χ2n) is 5.89. The first kappa shape index (κ1) is 18.0. The van der Waals surface area contributed by atoms with Crippen LogP contribution in [0.3, 0.4) is 0 Å². The van der Waals surface area contributed by atoms with Crippen molar-refractivity contribution in [1.82, 2.24) is 0 Å². The largest absolute Gasteiger partial charge is 0.370 e. The summed E-state index contributed by atoms with van der Waals surface area (Å²) in [6.45, 7) is 2.86. The minimum atomic E-state index is -0.189. The van der Waals surface area contributed by atoms with E-state index in [2.05, 4.69) is 11.8 Å². The van der Waals surface area contributed by atoms with Gasteiger partial charge in [-0.3, -0.25) is 0 Å². The predicted octanol–water partition coefficient (Wildman–Crippen LogP) is 4.73. The molecule has 1 atom stereocenters. The maximum atomic E-state index is 13.3. The maximum absolute atomic E-state index is 13.3. The fraction of sp³-hybridized carbons (Fsp3) is 0.667. The summed E-state index contributed by atoms with van der Waals surface area (Å²) in [5, 5.41) is 0.